The van der Waals surface area contributed by atoms with E-state index in [1.54, 1.807) is 12.0 Å². The van der Waals surface area contributed by atoms with Gasteiger partial charge < -0.3 is 24.6 Å². The summed E-state index contributed by atoms with van der Waals surface area (Å²) in [7, 11) is 1.61. The zero-order valence-corrected chi connectivity index (χ0v) is 19.6. The highest BCUT2D eigenvalue weighted by Gasteiger charge is 2.39. The number of rotatable bonds is 6. The molecule has 0 unspecified atom stereocenters. The minimum atomic E-state index is -0.541. The van der Waals surface area contributed by atoms with Gasteiger partial charge in [0, 0.05) is 32.6 Å². The van der Waals surface area contributed by atoms with Crippen LogP contribution in [0.4, 0.5) is 4.79 Å². The topological polar surface area (TPSA) is 88.2 Å². The van der Waals surface area contributed by atoms with E-state index in [1.807, 2.05) is 49.9 Å². The molecule has 3 amide bonds. The molecule has 1 aromatic carbocycles. The maximum atomic E-state index is 13.3. The van der Waals surface area contributed by atoms with Gasteiger partial charge in [0.05, 0.1) is 7.11 Å². The summed E-state index contributed by atoms with van der Waals surface area (Å²) in [6.07, 6.45) is 2.33. The molecule has 2 heterocycles. The van der Waals surface area contributed by atoms with Crippen LogP contribution in [0, 0.1) is 5.92 Å². The maximum Gasteiger partial charge on any atom is 0.407 e. The Kier molecular flexibility index (Phi) is 7.64. The molecule has 0 saturated carbocycles. The largest absolute Gasteiger partial charge is 0.497 e. The molecule has 1 N–H and O–H groups in total. The average molecular weight is 446 g/mol. The third-order valence-corrected chi connectivity index (χ3v) is 5.89. The lowest BCUT2D eigenvalue weighted by Crippen LogP contribution is -2.51. The molecule has 176 valence electrons. The summed E-state index contributed by atoms with van der Waals surface area (Å²) in [5.41, 5.74) is 0.429. The third-order valence-electron chi connectivity index (χ3n) is 5.89. The zero-order chi connectivity index (χ0) is 23.3. The number of nitrogens with one attached hydrogen (secondary N) is 1. The molecule has 8 nitrogen and oxygen atoms in total. The normalized spacial score (nSPS) is 21.4. The van der Waals surface area contributed by atoms with Crippen LogP contribution in [-0.2, 0) is 20.9 Å². The second-order valence-electron chi connectivity index (χ2n) is 9.60. The lowest BCUT2D eigenvalue weighted by atomic mass is 9.97. The monoisotopic (exact) mass is 445 g/mol. The van der Waals surface area contributed by atoms with E-state index in [9.17, 15) is 14.4 Å². The van der Waals surface area contributed by atoms with Gasteiger partial charge in [-0.2, -0.15) is 0 Å². The summed E-state index contributed by atoms with van der Waals surface area (Å²) in [6.45, 7) is 7.63. The standard InChI is InChI=1S/C24H35N3O5/c1-24(2,3)32-23(30)25-14-18-6-5-13-26(15-18)22(29)20-11-12-21(28)27(20)16-17-7-9-19(31-4)10-8-17/h7-10,18,20H,5-6,11-16H2,1-4H3,(H,25,30)/t18-,20+/m1/s1. The number of amides is 3. The molecule has 8 heteroatoms. The van der Waals surface area contributed by atoms with Gasteiger partial charge in [0.15, 0.2) is 0 Å². The van der Waals surface area contributed by atoms with Crippen molar-refractivity contribution in [3.05, 3.63) is 29.8 Å². The van der Waals surface area contributed by atoms with Crippen molar-refractivity contribution in [2.45, 2.75) is 64.6 Å². The van der Waals surface area contributed by atoms with Crippen LogP contribution in [0.25, 0.3) is 0 Å². The fraction of sp³-hybridized carbons (Fsp3) is 0.625. The van der Waals surface area contributed by atoms with Crippen molar-refractivity contribution in [1.29, 1.82) is 0 Å². The van der Waals surface area contributed by atoms with Gasteiger partial charge in [-0.3, -0.25) is 9.59 Å². The quantitative estimate of drug-likeness (QED) is 0.727. The van der Waals surface area contributed by atoms with Crippen molar-refractivity contribution >= 4 is 17.9 Å². The average Bonchev–Trinajstić information content (AvgIpc) is 3.11. The highest BCUT2D eigenvalue weighted by atomic mass is 16.6. The van der Waals surface area contributed by atoms with Gasteiger partial charge >= 0.3 is 6.09 Å². The minimum absolute atomic E-state index is 0.00586. The van der Waals surface area contributed by atoms with Crippen molar-refractivity contribution in [3.63, 3.8) is 0 Å². The van der Waals surface area contributed by atoms with Gasteiger partial charge in [-0.1, -0.05) is 12.1 Å². The molecule has 2 aliphatic heterocycles. The Morgan fingerprint density at radius 3 is 2.53 bits per heavy atom. The SMILES string of the molecule is COc1ccc(CN2C(=O)CC[C@H]2C(=O)N2CCC[C@H](CNC(=O)OC(C)(C)C)C2)cc1. The van der Waals surface area contributed by atoms with Crippen molar-refractivity contribution in [3.8, 4) is 5.75 Å². The van der Waals surface area contributed by atoms with E-state index >= 15 is 0 Å². The van der Waals surface area contributed by atoms with Crippen LogP contribution in [-0.4, -0.2) is 66.1 Å². The summed E-state index contributed by atoms with van der Waals surface area (Å²) in [5, 5.41) is 2.82. The minimum Gasteiger partial charge on any atom is -0.497 e. The number of carbonyl (C=O) groups excluding carboxylic acids is 3. The molecule has 0 aromatic heterocycles. The van der Waals surface area contributed by atoms with Gasteiger partial charge in [-0.05, 0) is 63.6 Å². The number of piperidine rings is 1. The number of ether oxygens (including phenoxy) is 2. The number of hydrogen-bond acceptors (Lipinski definition) is 5. The smallest absolute Gasteiger partial charge is 0.407 e. The van der Waals surface area contributed by atoms with E-state index < -0.39 is 17.7 Å². The van der Waals surface area contributed by atoms with E-state index in [0.717, 1.165) is 24.2 Å². The molecule has 0 aliphatic carbocycles. The van der Waals surface area contributed by atoms with Crippen molar-refractivity contribution in [1.82, 2.24) is 15.1 Å². The molecule has 2 fully saturated rings. The number of benzene rings is 1. The number of carbonyl (C=O) groups is 3. The van der Waals surface area contributed by atoms with Crippen LogP contribution in [0.2, 0.25) is 0 Å². The number of likely N-dealkylation sites (tertiary alicyclic amines) is 2. The van der Waals surface area contributed by atoms with Crippen LogP contribution < -0.4 is 10.1 Å². The Morgan fingerprint density at radius 2 is 1.88 bits per heavy atom. The fourth-order valence-corrected chi connectivity index (χ4v) is 4.30. The molecule has 1 aromatic rings. The zero-order valence-electron chi connectivity index (χ0n) is 19.6. The van der Waals surface area contributed by atoms with E-state index in [2.05, 4.69) is 5.32 Å². The summed E-state index contributed by atoms with van der Waals surface area (Å²) in [4.78, 5) is 41.4. The Balaban J connectivity index is 1.57. The summed E-state index contributed by atoms with van der Waals surface area (Å²) >= 11 is 0. The number of alkyl carbamates (subject to hydrolysis) is 1. The molecular weight excluding hydrogens is 410 g/mol. The molecule has 0 radical (unpaired) electrons. The molecular formula is C24H35N3O5. The first-order chi connectivity index (χ1) is 15.2. The van der Waals surface area contributed by atoms with E-state index in [0.29, 0.717) is 39.0 Å². The Morgan fingerprint density at radius 1 is 1.16 bits per heavy atom. The van der Waals surface area contributed by atoms with Gasteiger partial charge in [0.25, 0.3) is 0 Å². The fourth-order valence-electron chi connectivity index (χ4n) is 4.30. The predicted octanol–water partition coefficient (Wildman–Crippen LogP) is 2.95. The second kappa shape index (κ2) is 10.2. The molecule has 3 rings (SSSR count). The number of hydrogen-bond donors (Lipinski definition) is 1. The van der Waals surface area contributed by atoms with Crippen LogP contribution in [0.5, 0.6) is 5.75 Å². The lowest BCUT2D eigenvalue weighted by Gasteiger charge is -2.36. The van der Waals surface area contributed by atoms with E-state index in [4.69, 9.17) is 9.47 Å². The first-order valence-corrected chi connectivity index (χ1v) is 11.3. The van der Waals surface area contributed by atoms with Crippen LogP contribution >= 0.6 is 0 Å². The molecule has 2 aliphatic rings. The van der Waals surface area contributed by atoms with Crippen LogP contribution in [0.1, 0.15) is 52.0 Å². The first kappa shape index (κ1) is 23.9. The Hall–Kier alpha value is -2.77. The first-order valence-electron chi connectivity index (χ1n) is 11.3. The summed E-state index contributed by atoms with van der Waals surface area (Å²) in [6, 6.07) is 7.14. The van der Waals surface area contributed by atoms with Gasteiger partial charge in [0.2, 0.25) is 11.8 Å². The molecule has 0 spiro atoms. The highest BCUT2D eigenvalue weighted by molar-refractivity contribution is 5.91. The number of nitrogens with zero attached hydrogens (tertiary/aromatic N) is 2. The number of methoxy groups -OCH3 is 1. The molecule has 2 saturated heterocycles. The van der Waals surface area contributed by atoms with Crippen molar-refractivity contribution in [2.75, 3.05) is 26.7 Å². The predicted molar refractivity (Wildman–Crippen MR) is 120 cm³/mol. The van der Waals surface area contributed by atoms with Crippen molar-refractivity contribution < 1.29 is 23.9 Å². The molecule has 32 heavy (non-hydrogen) atoms. The van der Waals surface area contributed by atoms with Gasteiger partial charge in [-0.25, -0.2) is 4.79 Å². The summed E-state index contributed by atoms with van der Waals surface area (Å²) in [5.74, 6) is 0.950. The molecule has 0 bridgehead atoms. The van der Waals surface area contributed by atoms with E-state index in [1.165, 1.54) is 0 Å². The summed E-state index contributed by atoms with van der Waals surface area (Å²) < 4.78 is 10.5. The van der Waals surface area contributed by atoms with Gasteiger partial charge in [0.1, 0.15) is 17.4 Å². The maximum absolute atomic E-state index is 13.3. The third kappa shape index (κ3) is 6.37. The van der Waals surface area contributed by atoms with Crippen LogP contribution in [0.15, 0.2) is 24.3 Å². The van der Waals surface area contributed by atoms with E-state index in [-0.39, 0.29) is 17.7 Å². The van der Waals surface area contributed by atoms with Gasteiger partial charge in [-0.15, -0.1) is 0 Å². The highest BCUT2D eigenvalue weighted by Crippen LogP contribution is 2.26. The molecule has 2 atom stereocenters. The van der Waals surface area contributed by atoms with Crippen LogP contribution in [0.3, 0.4) is 0 Å². The lowest BCUT2D eigenvalue weighted by molar-refractivity contribution is -0.143. The van der Waals surface area contributed by atoms with Crippen molar-refractivity contribution in [2.24, 2.45) is 5.92 Å². The Bertz CT molecular complexity index is 818. The Labute approximate surface area is 190 Å². The second-order valence-corrected chi connectivity index (χ2v) is 9.60.